The Labute approximate surface area is 136 Å². The van der Waals surface area contributed by atoms with Crippen LogP contribution in [0, 0.1) is 6.92 Å². The number of carbonyl (C=O) groups excluding carboxylic acids is 2. The van der Waals surface area contributed by atoms with Crippen molar-refractivity contribution in [2.75, 3.05) is 0 Å². The summed E-state index contributed by atoms with van der Waals surface area (Å²) in [4.78, 5) is 26.4. The quantitative estimate of drug-likeness (QED) is 0.681. The minimum absolute atomic E-state index is 0.664. The Morgan fingerprint density at radius 1 is 0.955 bits per heavy atom. The molecule has 112 valence electrons. The number of benzene rings is 1. The van der Waals surface area contributed by atoms with E-state index in [9.17, 15) is 9.59 Å². The van der Waals surface area contributed by atoms with Gasteiger partial charge in [0, 0.05) is 34.8 Å². The highest BCUT2D eigenvalue weighted by atomic mass is 79.9. The van der Waals surface area contributed by atoms with Crippen molar-refractivity contribution in [1.29, 1.82) is 0 Å². The van der Waals surface area contributed by atoms with Crippen LogP contribution in [-0.4, -0.2) is 22.5 Å². The molecule has 5 heteroatoms. The van der Waals surface area contributed by atoms with Crippen LogP contribution >= 0.6 is 15.9 Å². The van der Waals surface area contributed by atoms with E-state index in [1.807, 2.05) is 24.3 Å². The number of aromatic amines is 2. The summed E-state index contributed by atoms with van der Waals surface area (Å²) in [6.45, 7) is 2.05. The van der Waals surface area contributed by atoms with Gasteiger partial charge in [-0.3, -0.25) is 9.59 Å². The molecule has 0 spiro atoms. The summed E-state index contributed by atoms with van der Waals surface area (Å²) in [6, 6.07) is 11.7. The van der Waals surface area contributed by atoms with Crippen LogP contribution in [0.3, 0.4) is 0 Å². The van der Waals surface area contributed by atoms with Gasteiger partial charge in [-0.05, 0) is 40.5 Å². The van der Waals surface area contributed by atoms with Crippen LogP contribution in [0.15, 0.2) is 53.4 Å². The molecule has 0 bridgehead atoms. The van der Waals surface area contributed by atoms with E-state index in [0.717, 1.165) is 28.4 Å². The molecule has 0 unspecified atom stereocenters. The lowest BCUT2D eigenvalue weighted by Crippen LogP contribution is -1.81. The molecular weight excluding hydrogens is 344 g/mol. The Hall–Kier alpha value is -2.40. The zero-order valence-electron chi connectivity index (χ0n) is 12.0. The Balaban J connectivity index is 0.000000188. The first-order valence-corrected chi connectivity index (χ1v) is 7.42. The summed E-state index contributed by atoms with van der Waals surface area (Å²) in [7, 11) is 0. The van der Waals surface area contributed by atoms with Crippen molar-refractivity contribution < 1.29 is 9.59 Å². The van der Waals surface area contributed by atoms with Crippen LogP contribution in [-0.2, 0) is 0 Å². The molecule has 2 aromatic heterocycles. The molecule has 0 aliphatic heterocycles. The molecule has 0 saturated carbocycles. The lowest BCUT2D eigenvalue weighted by Gasteiger charge is -2.01. The van der Waals surface area contributed by atoms with Crippen LogP contribution in [0.5, 0.6) is 0 Å². The van der Waals surface area contributed by atoms with Gasteiger partial charge in [0.2, 0.25) is 0 Å². The summed E-state index contributed by atoms with van der Waals surface area (Å²) in [5, 5.41) is 0. The third-order valence-corrected chi connectivity index (χ3v) is 3.54. The van der Waals surface area contributed by atoms with Crippen LogP contribution in [0.4, 0.5) is 0 Å². The van der Waals surface area contributed by atoms with Crippen LogP contribution in [0.2, 0.25) is 0 Å². The Morgan fingerprint density at radius 3 is 2.09 bits per heavy atom. The molecule has 0 radical (unpaired) electrons. The van der Waals surface area contributed by atoms with E-state index < -0.39 is 0 Å². The largest absolute Gasteiger partial charge is 0.360 e. The fourth-order valence-electron chi connectivity index (χ4n) is 1.96. The maximum atomic E-state index is 10.5. The van der Waals surface area contributed by atoms with Gasteiger partial charge in [-0.15, -0.1) is 0 Å². The van der Waals surface area contributed by atoms with Gasteiger partial charge in [-0.2, -0.15) is 0 Å². The van der Waals surface area contributed by atoms with E-state index in [1.54, 1.807) is 18.5 Å². The predicted molar refractivity (Wildman–Crippen MR) is 90.2 cm³/mol. The van der Waals surface area contributed by atoms with Crippen LogP contribution in [0.1, 0.15) is 26.3 Å². The second kappa shape index (κ2) is 7.56. The average molecular weight is 359 g/mol. The molecule has 3 aromatic rings. The van der Waals surface area contributed by atoms with E-state index >= 15 is 0 Å². The lowest BCUT2D eigenvalue weighted by molar-refractivity contribution is 0.111. The topological polar surface area (TPSA) is 65.7 Å². The maximum absolute atomic E-state index is 10.5. The van der Waals surface area contributed by atoms with Gasteiger partial charge in [0.25, 0.3) is 0 Å². The normalized spacial score (nSPS) is 9.73. The average Bonchev–Trinajstić information content (AvgIpc) is 3.17. The molecule has 0 atom stereocenters. The van der Waals surface area contributed by atoms with Gasteiger partial charge in [0.1, 0.15) is 0 Å². The first-order valence-electron chi connectivity index (χ1n) is 6.62. The van der Waals surface area contributed by atoms with Crippen molar-refractivity contribution in [3.8, 4) is 11.3 Å². The number of nitrogens with one attached hydrogen (secondary N) is 2. The second-order valence-corrected chi connectivity index (χ2v) is 5.53. The third-order valence-electron chi connectivity index (χ3n) is 3.08. The predicted octanol–water partition coefficient (Wildman–Crippen LogP) is 4.39. The highest BCUT2D eigenvalue weighted by Crippen LogP contribution is 2.21. The lowest BCUT2D eigenvalue weighted by atomic mass is 10.1. The molecule has 4 nitrogen and oxygen atoms in total. The van der Waals surface area contributed by atoms with Crippen LogP contribution < -0.4 is 0 Å². The second-order valence-electron chi connectivity index (χ2n) is 4.68. The first kappa shape index (κ1) is 16.0. The van der Waals surface area contributed by atoms with Crippen molar-refractivity contribution in [2.45, 2.75) is 6.92 Å². The smallest absolute Gasteiger partial charge is 0.151 e. The zero-order valence-corrected chi connectivity index (χ0v) is 13.6. The third kappa shape index (κ3) is 4.05. The van der Waals surface area contributed by atoms with Gasteiger partial charge in [-0.25, -0.2) is 0 Å². The number of aromatic nitrogens is 2. The molecule has 3 rings (SSSR count). The summed E-state index contributed by atoms with van der Waals surface area (Å²) < 4.78 is 0.833. The van der Waals surface area contributed by atoms with Crippen molar-refractivity contribution in [1.82, 2.24) is 9.97 Å². The van der Waals surface area contributed by atoms with E-state index in [-0.39, 0.29) is 0 Å². The minimum atomic E-state index is 0.664. The van der Waals surface area contributed by atoms with Gasteiger partial charge in [0.05, 0.1) is 4.60 Å². The number of hydrogen-bond donors (Lipinski definition) is 2. The van der Waals surface area contributed by atoms with E-state index in [1.165, 1.54) is 5.56 Å². The summed E-state index contributed by atoms with van der Waals surface area (Å²) in [6.07, 6.45) is 4.99. The number of rotatable bonds is 3. The highest BCUT2D eigenvalue weighted by molar-refractivity contribution is 9.10. The van der Waals surface area contributed by atoms with E-state index in [4.69, 9.17) is 0 Å². The van der Waals surface area contributed by atoms with Crippen molar-refractivity contribution in [2.24, 2.45) is 0 Å². The molecule has 1 aromatic carbocycles. The molecule has 0 saturated heterocycles. The standard InChI is InChI=1S/C12H11NO.C5H4BrNO/c1-9-4-2-3-5-11(9)12-6-10(8-14)7-13-12;6-5-1-4(3-8)2-7-5/h2-8,13H,1H3;1-3,7H. The number of hydrogen-bond acceptors (Lipinski definition) is 2. The Morgan fingerprint density at radius 2 is 1.59 bits per heavy atom. The zero-order chi connectivity index (χ0) is 15.9. The number of halogens is 1. The fraction of sp³-hybridized carbons (Fsp3) is 0.0588. The van der Waals surface area contributed by atoms with E-state index in [0.29, 0.717) is 11.1 Å². The van der Waals surface area contributed by atoms with Gasteiger partial charge in [0.15, 0.2) is 12.6 Å². The highest BCUT2D eigenvalue weighted by Gasteiger charge is 2.02. The minimum Gasteiger partial charge on any atom is -0.360 e. The molecule has 0 amide bonds. The molecule has 2 heterocycles. The van der Waals surface area contributed by atoms with Gasteiger partial charge < -0.3 is 9.97 Å². The van der Waals surface area contributed by atoms with Crippen molar-refractivity contribution in [3.63, 3.8) is 0 Å². The molecule has 22 heavy (non-hydrogen) atoms. The monoisotopic (exact) mass is 358 g/mol. The molecule has 0 aliphatic rings. The molecule has 0 aliphatic carbocycles. The maximum Gasteiger partial charge on any atom is 0.151 e. The van der Waals surface area contributed by atoms with Crippen molar-refractivity contribution >= 4 is 28.5 Å². The van der Waals surface area contributed by atoms with Gasteiger partial charge in [-0.1, -0.05) is 24.3 Å². The fourth-order valence-corrected chi connectivity index (χ4v) is 2.34. The summed E-state index contributed by atoms with van der Waals surface area (Å²) in [5.41, 5.74) is 4.68. The summed E-state index contributed by atoms with van der Waals surface area (Å²) >= 11 is 3.16. The first-order chi connectivity index (χ1) is 10.6. The molecular formula is C17H15BrN2O2. The molecule has 2 N–H and O–H groups in total. The Bertz CT molecular complexity index is 774. The number of aryl methyl sites for hydroxylation is 1. The number of H-pyrrole nitrogens is 2. The number of carbonyl (C=O) groups is 2. The Kier molecular flexibility index (Phi) is 5.49. The summed E-state index contributed by atoms with van der Waals surface area (Å²) in [5.74, 6) is 0. The van der Waals surface area contributed by atoms with E-state index in [2.05, 4.69) is 38.9 Å². The number of aldehydes is 2. The van der Waals surface area contributed by atoms with Crippen LogP contribution in [0.25, 0.3) is 11.3 Å². The van der Waals surface area contributed by atoms with Gasteiger partial charge >= 0.3 is 0 Å². The molecule has 0 fully saturated rings. The SMILES string of the molecule is Cc1ccccc1-c1cc(C=O)c[nH]1.O=Cc1c[nH]c(Br)c1. The van der Waals surface area contributed by atoms with Crippen molar-refractivity contribution in [3.05, 3.63) is 70.1 Å².